The lowest BCUT2D eigenvalue weighted by molar-refractivity contribution is 0.196. The Morgan fingerprint density at radius 3 is 2.53 bits per heavy atom. The molecule has 0 unspecified atom stereocenters. The molecule has 1 aliphatic rings. The smallest absolute Gasteiger partial charge is 0.252 e. The van der Waals surface area contributed by atoms with Gasteiger partial charge >= 0.3 is 0 Å². The molecule has 1 saturated heterocycles. The molecule has 108 valence electrons. The number of alkyl halides is 1. The summed E-state index contributed by atoms with van der Waals surface area (Å²) in [5.41, 5.74) is 0. The summed E-state index contributed by atoms with van der Waals surface area (Å²) >= 11 is 7.02. The number of rotatable bonds is 5. The van der Waals surface area contributed by atoms with Crippen molar-refractivity contribution in [2.75, 3.05) is 38.6 Å². The van der Waals surface area contributed by atoms with Gasteiger partial charge in [0.1, 0.15) is 4.21 Å². The molecule has 0 aliphatic carbocycles. The van der Waals surface area contributed by atoms with Crippen LogP contribution in [0, 0.1) is 0 Å². The Kier molecular flexibility index (Phi) is 5.25. The molecule has 0 radical (unpaired) electrons. The molecule has 0 aromatic carbocycles. The average Bonchev–Trinajstić information content (AvgIpc) is 2.89. The van der Waals surface area contributed by atoms with Crippen molar-refractivity contribution in [3.05, 3.63) is 17.0 Å². The van der Waals surface area contributed by atoms with Gasteiger partial charge in [0.05, 0.1) is 0 Å². The van der Waals surface area contributed by atoms with E-state index in [1.807, 2.05) is 6.07 Å². The highest BCUT2D eigenvalue weighted by Gasteiger charge is 2.29. The van der Waals surface area contributed by atoms with Crippen LogP contribution in [0.5, 0.6) is 0 Å². The van der Waals surface area contributed by atoms with Gasteiger partial charge in [0.15, 0.2) is 0 Å². The lowest BCUT2D eigenvalue weighted by Crippen LogP contribution is -2.48. The summed E-state index contributed by atoms with van der Waals surface area (Å²) in [5.74, 6) is 0.523. The molecule has 0 spiro atoms. The summed E-state index contributed by atoms with van der Waals surface area (Å²) in [6.45, 7) is 5.87. The number of aryl methyl sites for hydroxylation is 1. The van der Waals surface area contributed by atoms with Gasteiger partial charge in [0, 0.05) is 36.9 Å². The van der Waals surface area contributed by atoms with Crippen LogP contribution in [0.2, 0.25) is 0 Å². The van der Waals surface area contributed by atoms with Crippen LogP contribution in [0.1, 0.15) is 11.8 Å². The summed E-state index contributed by atoms with van der Waals surface area (Å²) < 4.78 is 27.0. The van der Waals surface area contributed by atoms with E-state index in [0.717, 1.165) is 30.9 Å². The number of likely N-dealkylation sites (N-methyl/N-ethyl adjacent to an activating group) is 1. The van der Waals surface area contributed by atoms with Crippen molar-refractivity contribution in [3.63, 3.8) is 0 Å². The number of hydrogen-bond donors (Lipinski definition) is 0. The van der Waals surface area contributed by atoms with E-state index in [2.05, 4.69) is 11.8 Å². The maximum Gasteiger partial charge on any atom is 0.252 e. The minimum Gasteiger partial charge on any atom is -0.301 e. The van der Waals surface area contributed by atoms with Crippen LogP contribution < -0.4 is 0 Å². The van der Waals surface area contributed by atoms with E-state index in [4.69, 9.17) is 11.6 Å². The molecule has 1 aromatic rings. The Balaban J connectivity index is 2.09. The summed E-state index contributed by atoms with van der Waals surface area (Å²) in [6.07, 6.45) is 0.728. The Morgan fingerprint density at radius 2 is 1.95 bits per heavy atom. The molecule has 0 saturated carbocycles. The molecule has 0 atom stereocenters. The largest absolute Gasteiger partial charge is 0.301 e. The highest BCUT2D eigenvalue weighted by molar-refractivity contribution is 7.91. The Hall–Kier alpha value is -0.140. The number of hydrogen-bond acceptors (Lipinski definition) is 4. The summed E-state index contributed by atoms with van der Waals surface area (Å²) in [7, 11) is -3.31. The summed E-state index contributed by atoms with van der Waals surface area (Å²) in [4.78, 5) is 3.29. The fourth-order valence-electron chi connectivity index (χ4n) is 2.14. The number of piperazine rings is 1. The van der Waals surface area contributed by atoms with E-state index in [0.29, 0.717) is 23.2 Å². The highest BCUT2D eigenvalue weighted by atomic mass is 35.5. The van der Waals surface area contributed by atoms with Gasteiger partial charge < -0.3 is 4.90 Å². The number of thiophene rings is 1. The molecule has 0 N–H and O–H groups in total. The Bertz CT molecular complexity index is 508. The van der Waals surface area contributed by atoms with E-state index < -0.39 is 10.0 Å². The highest BCUT2D eigenvalue weighted by Crippen LogP contribution is 2.26. The van der Waals surface area contributed by atoms with Crippen LogP contribution in [0.25, 0.3) is 0 Å². The fraction of sp³-hybridized carbons (Fsp3) is 0.667. The van der Waals surface area contributed by atoms with Crippen molar-refractivity contribution in [1.29, 1.82) is 0 Å². The molecule has 1 aromatic heterocycles. The van der Waals surface area contributed by atoms with Gasteiger partial charge in [0.25, 0.3) is 10.0 Å². The van der Waals surface area contributed by atoms with Gasteiger partial charge in [-0.1, -0.05) is 6.92 Å². The van der Waals surface area contributed by atoms with Crippen molar-refractivity contribution in [2.24, 2.45) is 0 Å². The monoisotopic (exact) mass is 322 g/mol. The lowest BCUT2D eigenvalue weighted by atomic mass is 10.4. The summed E-state index contributed by atoms with van der Waals surface area (Å²) in [6, 6.07) is 3.57. The van der Waals surface area contributed by atoms with Crippen molar-refractivity contribution in [3.8, 4) is 0 Å². The molecule has 2 heterocycles. The molecule has 4 nitrogen and oxygen atoms in total. The third-order valence-electron chi connectivity index (χ3n) is 3.35. The van der Waals surface area contributed by atoms with Crippen molar-refractivity contribution >= 4 is 33.0 Å². The number of sulfonamides is 1. The Morgan fingerprint density at radius 1 is 1.26 bits per heavy atom. The van der Waals surface area contributed by atoms with E-state index in [1.165, 1.54) is 11.3 Å². The van der Waals surface area contributed by atoms with E-state index in [1.54, 1.807) is 10.4 Å². The SMILES string of the molecule is CCN1CCN(S(=O)(=O)c2ccc(CCCl)s2)CC1. The predicted molar refractivity (Wildman–Crippen MR) is 79.6 cm³/mol. The van der Waals surface area contributed by atoms with Gasteiger partial charge in [-0.3, -0.25) is 0 Å². The van der Waals surface area contributed by atoms with Crippen molar-refractivity contribution in [1.82, 2.24) is 9.21 Å². The van der Waals surface area contributed by atoms with Gasteiger partial charge in [-0.25, -0.2) is 8.42 Å². The van der Waals surface area contributed by atoms with Gasteiger partial charge in [-0.2, -0.15) is 4.31 Å². The molecule has 19 heavy (non-hydrogen) atoms. The van der Waals surface area contributed by atoms with E-state index >= 15 is 0 Å². The minimum absolute atomic E-state index is 0.442. The Labute approximate surface area is 124 Å². The zero-order valence-corrected chi connectivity index (χ0v) is 13.4. The zero-order chi connectivity index (χ0) is 13.9. The second kappa shape index (κ2) is 6.54. The molecule has 2 rings (SSSR count). The first-order valence-electron chi connectivity index (χ1n) is 6.45. The molecular weight excluding hydrogens is 304 g/mol. The topological polar surface area (TPSA) is 40.6 Å². The standard InChI is InChI=1S/C12H19ClN2O2S2/c1-2-14-7-9-15(10-8-14)19(16,17)12-4-3-11(18-12)5-6-13/h3-4H,2,5-10H2,1H3. The first-order valence-corrected chi connectivity index (χ1v) is 9.24. The molecule has 7 heteroatoms. The van der Waals surface area contributed by atoms with Gasteiger partial charge in [-0.05, 0) is 25.1 Å². The molecule has 1 aliphatic heterocycles. The second-order valence-corrected chi connectivity index (χ2v) is 8.21. The quantitative estimate of drug-likeness (QED) is 0.777. The molecule has 1 fully saturated rings. The van der Waals surface area contributed by atoms with Gasteiger partial charge in [0.2, 0.25) is 0 Å². The first kappa shape index (κ1) is 15.3. The van der Waals surface area contributed by atoms with Crippen LogP contribution in [0.3, 0.4) is 0 Å². The predicted octanol–water partition coefficient (Wildman–Crippen LogP) is 1.86. The van der Waals surface area contributed by atoms with Crippen LogP contribution in [-0.2, 0) is 16.4 Å². The second-order valence-electron chi connectivity index (χ2n) is 4.50. The van der Waals surface area contributed by atoms with Crippen molar-refractivity contribution in [2.45, 2.75) is 17.6 Å². The number of nitrogens with zero attached hydrogens (tertiary/aromatic N) is 2. The molecular formula is C12H19ClN2O2S2. The van der Waals surface area contributed by atoms with Crippen LogP contribution in [0.15, 0.2) is 16.3 Å². The van der Waals surface area contributed by atoms with Crippen LogP contribution >= 0.6 is 22.9 Å². The lowest BCUT2D eigenvalue weighted by Gasteiger charge is -2.32. The third kappa shape index (κ3) is 3.49. The van der Waals surface area contributed by atoms with Crippen LogP contribution in [0.4, 0.5) is 0 Å². The van der Waals surface area contributed by atoms with E-state index in [9.17, 15) is 8.42 Å². The third-order valence-corrected chi connectivity index (χ3v) is 7.05. The average molecular weight is 323 g/mol. The van der Waals surface area contributed by atoms with Crippen LogP contribution in [-0.4, -0.2) is 56.2 Å². The normalized spacial score (nSPS) is 18.8. The number of halogens is 1. The summed E-state index contributed by atoms with van der Waals surface area (Å²) in [5, 5.41) is 0. The van der Waals surface area contributed by atoms with E-state index in [-0.39, 0.29) is 0 Å². The van der Waals surface area contributed by atoms with Gasteiger partial charge in [-0.15, -0.1) is 22.9 Å². The van der Waals surface area contributed by atoms with Crippen molar-refractivity contribution < 1.29 is 8.42 Å². The fourth-order valence-corrected chi connectivity index (χ4v) is 5.39. The maximum absolute atomic E-state index is 12.5. The maximum atomic E-state index is 12.5. The minimum atomic E-state index is -3.31. The zero-order valence-electron chi connectivity index (χ0n) is 11.0. The first-order chi connectivity index (χ1) is 9.07. The molecule has 0 bridgehead atoms. The molecule has 0 amide bonds.